The molecule has 1 saturated carbocycles. The molecular weight excluding hydrogens is 240 g/mol. The van der Waals surface area contributed by atoms with E-state index < -0.39 is 5.41 Å². The van der Waals surface area contributed by atoms with Crippen LogP contribution in [0.4, 0.5) is 5.95 Å². The van der Waals surface area contributed by atoms with Crippen LogP contribution in [-0.2, 0) is 4.79 Å². The van der Waals surface area contributed by atoms with Crippen molar-refractivity contribution in [1.82, 2.24) is 9.97 Å². The molecule has 0 saturated heterocycles. The lowest BCUT2D eigenvalue weighted by molar-refractivity contribution is -0.124. The summed E-state index contributed by atoms with van der Waals surface area (Å²) in [5, 5.41) is 12.0. The third-order valence-corrected chi connectivity index (χ3v) is 3.56. The van der Waals surface area contributed by atoms with E-state index in [2.05, 4.69) is 21.4 Å². The number of aromatic nitrogens is 2. The molecule has 1 aromatic rings. The number of aryl methyl sites for hydroxylation is 2. The van der Waals surface area contributed by atoms with Crippen molar-refractivity contribution in [1.29, 1.82) is 5.26 Å². The number of anilines is 1. The van der Waals surface area contributed by atoms with E-state index in [1.165, 1.54) is 0 Å². The zero-order valence-electron chi connectivity index (χ0n) is 11.4. The van der Waals surface area contributed by atoms with Gasteiger partial charge in [-0.3, -0.25) is 10.1 Å². The second kappa shape index (κ2) is 5.35. The average Bonchev–Trinajstić information content (AvgIpc) is 2.38. The first-order chi connectivity index (χ1) is 9.05. The highest BCUT2D eigenvalue weighted by Gasteiger charge is 2.40. The first kappa shape index (κ1) is 13.5. The van der Waals surface area contributed by atoms with Gasteiger partial charge in [0.25, 0.3) is 0 Å². The molecule has 1 fully saturated rings. The van der Waals surface area contributed by atoms with Gasteiger partial charge in [-0.1, -0.05) is 19.3 Å². The Kier molecular flexibility index (Phi) is 3.79. The predicted molar refractivity (Wildman–Crippen MR) is 71.3 cm³/mol. The zero-order chi connectivity index (χ0) is 13.9. The first-order valence-corrected chi connectivity index (χ1v) is 6.61. The van der Waals surface area contributed by atoms with Crippen molar-refractivity contribution in [2.45, 2.75) is 46.0 Å². The topological polar surface area (TPSA) is 78.7 Å². The van der Waals surface area contributed by atoms with Crippen molar-refractivity contribution in [2.75, 3.05) is 5.32 Å². The summed E-state index contributed by atoms with van der Waals surface area (Å²) in [4.78, 5) is 20.7. The monoisotopic (exact) mass is 258 g/mol. The summed E-state index contributed by atoms with van der Waals surface area (Å²) in [6.45, 7) is 3.70. The largest absolute Gasteiger partial charge is 0.293 e. The lowest BCUT2D eigenvalue weighted by Crippen LogP contribution is -2.37. The lowest BCUT2D eigenvalue weighted by Gasteiger charge is -2.28. The number of nitrogens with one attached hydrogen (secondary N) is 1. The van der Waals surface area contributed by atoms with E-state index in [0.29, 0.717) is 18.8 Å². The molecule has 1 aliphatic carbocycles. The molecule has 0 unspecified atom stereocenters. The number of carbonyl (C=O) groups is 1. The third kappa shape index (κ3) is 2.90. The third-order valence-electron chi connectivity index (χ3n) is 3.56. The molecule has 1 amide bonds. The molecule has 19 heavy (non-hydrogen) atoms. The maximum Gasteiger partial charge on any atom is 0.247 e. The zero-order valence-corrected chi connectivity index (χ0v) is 11.4. The average molecular weight is 258 g/mol. The summed E-state index contributed by atoms with van der Waals surface area (Å²) in [5.41, 5.74) is 0.703. The second-order valence-corrected chi connectivity index (χ2v) is 5.18. The van der Waals surface area contributed by atoms with Crippen LogP contribution in [0.2, 0.25) is 0 Å². The molecule has 1 heterocycles. The highest BCUT2D eigenvalue weighted by molar-refractivity contribution is 5.96. The van der Waals surface area contributed by atoms with Crippen LogP contribution in [0.1, 0.15) is 43.5 Å². The SMILES string of the molecule is Cc1cc(C)nc(NC(=O)C2(C#N)CCCCC2)n1. The molecule has 0 aliphatic heterocycles. The van der Waals surface area contributed by atoms with Crippen LogP contribution in [0.5, 0.6) is 0 Å². The maximum absolute atomic E-state index is 12.3. The van der Waals surface area contributed by atoms with Crippen LogP contribution in [0.3, 0.4) is 0 Å². The van der Waals surface area contributed by atoms with E-state index in [0.717, 1.165) is 30.7 Å². The van der Waals surface area contributed by atoms with Crippen LogP contribution in [0, 0.1) is 30.6 Å². The molecule has 100 valence electrons. The van der Waals surface area contributed by atoms with Crippen LogP contribution in [0.25, 0.3) is 0 Å². The molecular formula is C14H18N4O. The minimum absolute atomic E-state index is 0.264. The van der Waals surface area contributed by atoms with E-state index in [1.807, 2.05) is 19.9 Å². The molecule has 1 N–H and O–H groups in total. The number of nitrogens with zero attached hydrogens (tertiary/aromatic N) is 3. The van der Waals surface area contributed by atoms with Crippen molar-refractivity contribution in [3.8, 4) is 6.07 Å². The summed E-state index contributed by atoms with van der Waals surface area (Å²) in [5.74, 6) is 0.0300. The standard InChI is InChI=1S/C14H18N4O/c1-10-8-11(2)17-13(16-10)18-12(19)14(9-15)6-4-3-5-7-14/h8H,3-7H2,1-2H3,(H,16,17,18,19). The van der Waals surface area contributed by atoms with Crippen molar-refractivity contribution < 1.29 is 4.79 Å². The normalized spacial score (nSPS) is 17.5. The van der Waals surface area contributed by atoms with Crippen molar-refractivity contribution in [3.05, 3.63) is 17.5 Å². The van der Waals surface area contributed by atoms with E-state index in [1.54, 1.807) is 0 Å². The fourth-order valence-electron chi connectivity index (χ4n) is 2.55. The van der Waals surface area contributed by atoms with Gasteiger partial charge in [0.2, 0.25) is 11.9 Å². The minimum atomic E-state index is -0.904. The van der Waals surface area contributed by atoms with Gasteiger partial charge in [-0.25, -0.2) is 9.97 Å². The Morgan fingerprint density at radius 1 is 1.26 bits per heavy atom. The van der Waals surface area contributed by atoms with Gasteiger partial charge < -0.3 is 0 Å². The van der Waals surface area contributed by atoms with Gasteiger partial charge in [0.1, 0.15) is 5.41 Å². The van der Waals surface area contributed by atoms with Gasteiger partial charge in [0.05, 0.1) is 6.07 Å². The Labute approximate surface area is 113 Å². The van der Waals surface area contributed by atoms with E-state index in [4.69, 9.17) is 0 Å². The predicted octanol–water partition coefficient (Wildman–Crippen LogP) is 2.51. The number of nitriles is 1. The minimum Gasteiger partial charge on any atom is -0.293 e. The molecule has 0 radical (unpaired) electrons. The molecule has 5 nitrogen and oxygen atoms in total. The molecule has 1 aromatic heterocycles. The Hall–Kier alpha value is -1.96. The van der Waals surface area contributed by atoms with E-state index in [-0.39, 0.29) is 5.91 Å². The molecule has 0 spiro atoms. The fraction of sp³-hybridized carbons (Fsp3) is 0.571. The van der Waals surface area contributed by atoms with Crippen LogP contribution in [0.15, 0.2) is 6.07 Å². The number of carbonyl (C=O) groups excluding carboxylic acids is 1. The van der Waals surface area contributed by atoms with Crippen molar-refractivity contribution in [2.24, 2.45) is 5.41 Å². The van der Waals surface area contributed by atoms with E-state index in [9.17, 15) is 10.1 Å². The smallest absolute Gasteiger partial charge is 0.247 e. The van der Waals surface area contributed by atoms with Gasteiger partial charge in [-0.05, 0) is 32.8 Å². The highest BCUT2D eigenvalue weighted by atomic mass is 16.2. The summed E-state index contributed by atoms with van der Waals surface area (Å²) in [6, 6.07) is 4.04. The molecule has 2 rings (SSSR count). The van der Waals surface area contributed by atoms with Crippen LogP contribution in [-0.4, -0.2) is 15.9 Å². The van der Waals surface area contributed by atoms with Gasteiger partial charge in [0.15, 0.2) is 0 Å². The number of hydrogen-bond acceptors (Lipinski definition) is 4. The van der Waals surface area contributed by atoms with Crippen molar-refractivity contribution >= 4 is 11.9 Å². The summed E-state index contributed by atoms with van der Waals surface area (Å²) in [7, 11) is 0. The van der Waals surface area contributed by atoms with Crippen LogP contribution < -0.4 is 5.32 Å². The molecule has 5 heteroatoms. The van der Waals surface area contributed by atoms with Gasteiger partial charge >= 0.3 is 0 Å². The summed E-state index contributed by atoms with van der Waals surface area (Å²) < 4.78 is 0. The van der Waals surface area contributed by atoms with Gasteiger partial charge in [-0.2, -0.15) is 5.26 Å². The molecule has 0 bridgehead atoms. The second-order valence-electron chi connectivity index (χ2n) is 5.18. The van der Waals surface area contributed by atoms with Gasteiger partial charge in [-0.15, -0.1) is 0 Å². The quantitative estimate of drug-likeness (QED) is 0.884. The Balaban J connectivity index is 2.18. The van der Waals surface area contributed by atoms with Crippen molar-refractivity contribution in [3.63, 3.8) is 0 Å². The summed E-state index contributed by atoms with van der Waals surface area (Å²) >= 11 is 0. The van der Waals surface area contributed by atoms with E-state index >= 15 is 0 Å². The highest BCUT2D eigenvalue weighted by Crippen LogP contribution is 2.36. The number of amides is 1. The Morgan fingerprint density at radius 3 is 2.37 bits per heavy atom. The lowest BCUT2D eigenvalue weighted by atomic mass is 9.74. The molecule has 0 aromatic carbocycles. The molecule has 0 atom stereocenters. The fourth-order valence-corrected chi connectivity index (χ4v) is 2.55. The van der Waals surface area contributed by atoms with Gasteiger partial charge in [0, 0.05) is 11.4 Å². The first-order valence-electron chi connectivity index (χ1n) is 6.61. The number of hydrogen-bond donors (Lipinski definition) is 1. The summed E-state index contributed by atoms with van der Waals surface area (Å²) in [6.07, 6.45) is 4.19. The van der Waals surface area contributed by atoms with Crippen LogP contribution >= 0.6 is 0 Å². The number of rotatable bonds is 2. The maximum atomic E-state index is 12.3. The molecule has 1 aliphatic rings. The Morgan fingerprint density at radius 2 is 1.84 bits per heavy atom. The Bertz CT molecular complexity index is 506.